The van der Waals surface area contributed by atoms with Crippen LogP contribution in [0.4, 0.5) is 0 Å². The Labute approximate surface area is 300 Å². The Morgan fingerprint density at radius 1 is 0.348 bits per heavy atom. The van der Waals surface area contributed by atoms with Crippen LogP contribution in [-0.2, 0) is 17.7 Å². The monoisotopic (exact) mass is 723 g/mol. The molecule has 0 amide bonds. The average Bonchev–Trinajstić information content (AvgIpc) is 3.05. The molecular formula is C38H82O4S2Si2. The normalized spacial score (nSPS) is 13.8. The highest BCUT2D eigenvalue weighted by molar-refractivity contribution is 8.77. The maximum atomic E-state index is 6.72. The molecule has 4 nitrogen and oxygen atoms in total. The van der Waals surface area contributed by atoms with Crippen LogP contribution < -0.4 is 0 Å². The molecule has 2 atom stereocenters. The summed E-state index contributed by atoms with van der Waals surface area (Å²) in [7, 11) is -0.616. The molecule has 0 saturated carbocycles. The minimum Gasteiger partial charge on any atom is -0.394 e. The third kappa shape index (κ3) is 21.2. The van der Waals surface area contributed by atoms with E-state index in [2.05, 4.69) is 77.0 Å². The van der Waals surface area contributed by atoms with Crippen molar-refractivity contribution in [3.63, 3.8) is 0 Å². The molecule has 0 rings (SSSR count). The van der Waals surface area contributed by atoms with Crippen molar-refractivity contribution in [2.45, 2.75) is 218 Å². The zero-order valence-electron chi connectivity index (χ0n) is 32.4. The summed E-state index contributed by atoms with van der Waals surface area (Å²) in [6.07, 6.45) is 29.5. The summed E-state index contributed by atoms with van der Waals surface area (Å²) in [5.41, 5.74) is 0. The summed E-state index contributed by atoms with van der Waals surface area (Å²) >= 11 is 0. The van der Waals surface area contributed by atoms with Gasteiger partial charge in [0.05, 0.1) is 9.75 Å². The van der Waals surface area contributed by atoms with Gasteiger partial charge in [-0.1, -0.05) is 178 Å². The fourth-order valence-corrected chi connectivity index (χ4v) is 22.1. The van der Waals surface area contributed by atoms with Crippen LogP contribution in [0.15, 0.2) is 0 Å². The van der Waals surface area contributed by atoms with E-state index in [1.807, 2.05) is 0 Å². The molecule has 0 fully saturated rings. The lowest BCUT2D eigenvalue weighted by atomic mass is 10.1. The standard InChI is InChI=1S/C38H82O4S2Si2/c1-9-17-19-21-23-25-27-29-31-33-35-45(39-13-5,40-14-6)37(11-3)43-44-38(12-4)46(41-15-7,42-16-8)36-34-32-30-28-26-24-22-20-18-10-2/h37-38H,9-36H2,1-8H3. The second-order valence-electron chi connectivity index (χ2n) is 13.2. The Morgan fingerprint density at radius 2 is 0.587 bits per heavy atom. The van der Waals surface area contributed by atoms with E-state index in [1.54, 1.807) is 0 Å². The van der Waals surface area contributed by atoms with Gasteiger partial charge in [0.2, 0.25) is 0 Å². The molecule has 0 saturated heterocycles. The zero-order valence-corrected chi connectivity index (χ0v) is 36.0. The molecule has 0 aliphatic heterocycles. The Kier molecular flexibility index (Phi) is 33.8. The number of rotatable bonds is 37. The molecule has 0 aromatic carbocycles. The van der Waals surface area contributed by atoms with Gasteiger partial charge < -0.3 is 17.7 Å². The van der Waals surface area contributed by atoms with Crippen molar-refractivity contribution in [2.24, 2.45) is 0 Å². The van der Waals surface area contributed by atoms with Gasteiger partial charge in [0, 0.05) is 26.4 Å². The van der Waals surface area contributed by atoms with E-state index in [-0.39, 0.29) is 0 Å². The molecular weight excluding hydrogens is 641 g/mol. The topological polar surface area (TPSA) is 36.9 Å². The summed E-state index contributed by atoms with van der Waals surface area (Å²) in [6, 6.07) is 2.23. The Balaban J connectivity index is 5.22. The summed E-state index contributed by atoms with van der Waals surface area (Å²) in [5.74, 6) is 0. The summed E-state index contributed by atoms with van der Waals surface area (Å²) in [5, 5.41) is 0. The minimum absolute atomic E-state index is 0.414. The number of unbranched alkanes of at least 4 members (excludes halogenated alkanes) is 18. The van der Waals surface area contributed by atoms with Gasteiger partial charge in [0.15, 0.2) is 0 Å². The average molecular weight is 723 g/mol. The quantitative estimate of drug-likeness (QED) is 0.0361. The maximum absolute atomic E-state index is 6.72. The van der Waals surface area contributed by atoms with Crippen LogP contribution in [0, 0.1) is 0 Å². The van der Waals surface area contributed by atoms with Crippen molar-refractivity contribution < 1.29 is 17.7 Å². The van der Waals surface area contributed by atoms with Crippen molar-refractivity contribution in [1.29, 1.82) is 0 Å². The van der Waals surface area contributed by atoms with E-state index >= 15 is 0 Å². The molecule has 0 aromatic rings. The van der Waals surface area contributed by atoms with Crippen LogP contribution in [0.1, 0.15) is 197 Å². The smallest absolute Gasteiger partial charge is 0.352 e. The first-order chi connectivity index (χ1) is 22.5. The first-order valence-corrected chi connectivity index (χ1v) is 26.8. The van der Waals surface area contributed by atoms with Crippen molar-refractivity contribution in [2.75, 3.05) is 26.4 Å². The lowest BCUT2D eigenvalue weighted by Gasteiger charge is -2.39. The number of hydrogen-bond acceptors (Lipinski definition) is 6. The SMILES string of the molecule is CCCCCCCCCCCC[Si](OCC)(OCC)C(CC)SSC(CC)[Si](CCCCCCCCCCCC)(OCC)OCC. The Morgan fingerprint density at radius 3 is 0.804 bits per heavy atom. The van der Waals surface area contributed by atoms with Gasteiger partial charge in [-0.05, 0) is 52.6 Å². The second kappa shape index (κ2) is 33.1. The van der Waals surface area contributed by atoms with E-state index < -0.39 is 17.1 Å². The lowest BCUT2D eigenvalue weighted by Crippen LogP contribution is -2.53. The van der Waals surface area contributed by atoms with Gasteiger partial charge in [-0.15, -0.1) is 0 Å². The zero-order chi connectivity index (χ0) is 34.2. The molecule has 0 radical (unpaired) electrons. The predicted molar refractivity (Wildman–Crippen MR) is 215 cm³/mol. The van der Waals surface area contributed by atoms with Gasteiger partial charge in [0.25, 0.3) is 0 Å². The van der Waals surface area contributed by atoms with Gasteiger partial charge in [-0.2, -0.15) is 0 Å². The summed E-state index contributed by atoms with van der Waals surface area (Å²) in [4.78, 5) is 0.828. The highest BCUT2D eigenvalue weighted by atomic mass is 33.1. The van der Waals surface area contributed by atoms with Gasteiger partial charge in [-0.25, -0.2) is 0 Å². The Bertz CT molecular complexity index is 568. The molecule has 46 heavy (non-hydrogen) atoms. The summed E-state index contributed by atoms with van der Waals surface area (Å²) < 4.78 is 26.9. The molecule has 0 bridgehead atoms. The Hall–Kier alpha value is 0.974. The highest BCUT2D eigenvalue weighted by Crippen LogP contribution is 2.45. The van der Waals surface area contributed by atoms with Gasteiger partial charge >= 0.3 is 17.1 Å². The molecule has 8 heteroatoms. The molecule has 0 heterocycles. The first kappa shape index (κ1) is 47.0. The van der Waals surface area contributed by atoms with Gasteiger partial charge in [-0.3, -0.25) is 0 Å². The van der Waals surface area contributed by atoms with Crippen LogP contribution in [0.25, 0.3) is 0 Å². The summed E-state index contributed by atoms with van der Waals surface area (Å²) in [6.45, 7) is 20.9. The van der Waals surface area contributed by atoms with Crippen LogP contribution in [0.2, 0.25) is 12.1 Å². The first-order valence-electron chi connectivity index (χ1n) is 20.4. The van der Waals surface area contributed by atoms with Crippen molar-refractivity contribution in [3.8, 4) is 0 Å². The van der Waals surface area contributed by atoms with Crippen molar-refractivity contribution in [3.05, 3.63) is 0 Å². The third-order valence-electron chi connectivity index (χ3n) is 9.32. The molecule has 0 spiro atoms. The second-order valence-corrected chi connectivity index (χ2v) is 23.5. The third-order valence-corrected chi connectivity index (χ3v) is 24.2. The highest BCUT2D eigenvalue weighted by Gasteiger charge is 2.49. The maximum Gasteiger partial charge on any atom is 0.352 e. The molecule has 0 aromatic heterocycles. The molecule has 2 unspecified atom stereocenters. The fraction of sp³-hybridized carbons (Fsp3) is 1.00. The van der Waals surface area contributed by atoms with Crippen molar-refractivity contribution in [1.82, 2.24) is 0 Å². The molecule has 0 N–H and O–H groups in total. The minimum atomic E-state index is -2.37. The predicted octanol–water partition coefficient (Wildman–Crippen LogP) is 13.9. The lowest BCUT2D eigenvalue weighted by molar-refractivity contribution is 0.178. The molecule has 0 aliphatic carbocycles. The number of hydrogen-bond donors (Lipinski definition) is 0. The largest absolute Gasteiger partial charge is 0.394 e. The van der Waals surface area contributed by atoms with Crippen LogP contribution >= 0.6 is 21.6 Å². The van der Waals surface area contributed by atoms with E-state index in [9.17, 15) is 0 Å². The van der Waals surface area contributed by atoms with E-state index in [0.717, 1.165) is 51.4 Å². The van der Waals surface area contributed by atoms with E-state index in [4.69, 9.17) is 17.7 Å². The van der Waals surface area contributed by atoms with Crippen molar-refractivity contribution >= 4 is 38.7 Å². The molecule has 278 valence electrons. The van der Waals surface area contributed by atoms with Crippen LogP contribution in [-0.4, -0.2) is 53.3 Å². The van der Waals surface area contributed by atoms with Gasteiger partial charge in [0.1, 0.15) is 0 Å². The van der Waals surface area contributed by atoms with Crippen LogP contribution in [0.5, 0.6) is 0 Å². The van der Waals surface area contributed by atoms with E-state index in [0.29, 0.717) is 9.75 Å². The molecule has 0 aliphatic rings. The fourth-order valence-electron chi connectivity index (χ4n) is 6.80. The van der Waals surface area contributed by atoms with E-state index in [1.165, 1.54) is 128 Å². The van der Waals surface area contributed by atoms with Crippen LogP contribution in [0.3, 0.4) is 0 Å².